The molecule has 1 amide bonds. The number of nitrogens with one attached hydrogen (secondary N) is 1. The topological polar surface area (TPSA) is 105 Å². The van der Waals surface area contributed by atoms with Crippen LogP contribution in [-0.4, -0.2) is 73.6 Å². The number of piperazine rings is 1. The van der Waals surface area contributed by atoms with E-state index in [1.165, 1.54) is 4.31 Å². The molecule has 1 saturated heterocycles. The number of amides is 1. The van der Waals surface area contributed by atoms with Crippen molar-refractivity contribution in [2.75, 3.05) is 39.9 Å². The Bertz CT molecular complexity index is 1010. The fourth-order valence-electron chi connectivity index (χ4n) is 3.78. The standard InChI is InChI=1S/C21H30N4O5S/c1-5-30-18-8-6-17(14-19(18)29-4)7-9-20(26)24-10-12-25(13-11-24)31(27,28)21-15(2)22-23-16(21)3/h6,8,14H,5,7,9-13H2,1-4H3,(H,22,23). The quantitative estimate of drug-likeness (QED) is 0.659. The lowest BCUT2D eigenvalue weighted by Gasteiger charge is -2.34. The van der Waals surface area contributed by atoms with Gasteiger partial charge in [0.15, 0.2) is 11.5 Å². The molecule has 0 aliphatic carbocycles. The number of ether oxygens (including phenoxy) is 2. The molecule has 1 aromatic heterocycles. The van der Waals surface area contributed by atoms with E-state index in [0.29, 0.717) is 55.4 Å². The summed E-state index contributed by atoms with van der Waals surface area (Å²) in [5.41, 5.74) is 1.98. The van der Waals surface area contributed by atoms with Crippen molar-refractivity contribution in [3.8, 4) is 11.5 Å². The Labute approximate surface area is 183 Å². The molecule has 1 aliphatic heterocycles. The second-order valence-corrected chi connectivity index (χ2v) is 9.34. The SMILES string of the molecule is CCOc1ccc(CCC(=O)N2CCN(S(=O)(=O)c3c(C)n[nH]c3C)CC2)cc1OC. The number of nitrogens with zero attached hydrogens (tertiary/aromatic N) is 3. The Kier molecular flexibility index (Phi) is 7.22. The van der Waals surface area contributed by atoms with Crippen LogP contribution < -0.4 is 9.47 Å². The molecule has 9 nitrogen and oxygen atoms in total. The lowest BCUT2D eigenvalue weighted by atomic mass is 10.1. The van der Waals surface area contributed by atoms with Crippen LogP contribution in [0.5, 0.6) is 11.5 Å². The summed E-state index contributed by atoms with van der Waals surface area (Å²) in [6.07, 6.45) is 0.928. The average molecular weight is 451 g/mol. The van der Waals surface area contributed by atoms with Crippen molar-refractivity contribution in [1.29, 1.82) is 0 Å². The van der Waals surface area contributed by atoms with Gasteiger partial charge in [-0.3, -0.25) is 9.89 Å². The molecule has 2 aromatic rings. The van der Waals surface area contributed by atoms with Crippen LogP contribution in [0.2, 0.25) is 0 Å². The van der Waals surface area contributed by atoms with Gasteiger partial charge in [-0.05, 0) is 44.9 Å². The van der Waals surface area contributed by atoms with E-state index < -0.39 is 10.0 Å². The van der Waals surface area contributed by atoms with E-state index in [4.69, 9.17) is 9.47 Å². The highest BCUT2D eigenvalue weighted by Gasteiger charge is 2.33. The zero-order valence-corrected chi connectivity index (χ0v) is 19.3. The second kappa shape index (κ2) is 9.69. The van der Waals surface area contributed by atoms with Gasteiger partial charge in [0, 0.05) is 32.6 Å². The largest absolute Gasteiger partial charge is 0.493 e. The maximum absolute atomic E-state index is 13.0. The van der Waals surface area contributed by atoms with E-state index in [9.17, 15) is 13.2 Å². The molecule has 1 aromatic carbocycles. The van der Waals surface area contributed by atoms with E-state index in [-0.39, 0.29) is 23.9 Å². The Morgan fingerprint density at radius 3 is 2.45 bits per heavy atom. The van der Waals surface area contributed by atoms with Crippen LogP contribution in [0.15, 0.2) is 23.1 Å². The van der Waals surface area contributed by atoms with Crippen molar-refractivity contribution in [3.05, 3.63) is 35.2 Å². The van der Waals surface area contributed by atoms with Crippen LogP contribution in [0.25, 0.3) is 0 Å². The van der Waals surface area contributed by atoms with Crippen molar-refractivity contribution in [1.82, 2.24) is 19.4 Å². The fourth-order valence-corrected chi connectivity index (χ4v) is 5.53. The number of sulfonamides is 1. The molecule has 0 unspecified atom stereocenters. The Hall–Kier alpha value is -2.59. The van der Waals surface area contributed by atoms with E-state index in [1.54, 1.807) is 25.9 Å². The summed E-state index contributed by atoms with van der Waals surface area (Å²) in [6.45, 7) is 7.13. The summed E-state index contributed by atoms with van der Waals surface area (Å²) in [6, 6.07) is 5.67. The number of carbonyl (C=O) groups is 1. The summed E-state index contributed by atoms with van der Waals surface area (Å²) in [5, 5.41) is 6.71. The highest BCUT2D eigenvalue weighted by molar-refractivity contribution is 7.89. The smallest absolute Gasteiger partial charge is 0.246 e. The van der Waals surface area contributed by atoms with Crippen LogP contribution in [0, 0.1) is 13.8 Å². The molecule has 3 rings (SSSR count). The van der Waals surface area contributed by atoms with Crippen molar-refractivity contribution in [2.24, 2.45) is 0 Å². The number of carbonyl (C=O) groups excluding carboxylic acids is 1. The highest BCUT2D eigenvalue weighted by Crippen LogP contribution is 2.28. The maximum atomic E-state index is 13.0. The number of aromatic nitrogens is 2. The van der Waals surface area contributed by atoms with Gasteiger partial charge in [-0.2, -0.15) is 9.40 Å². The summed E-state index contributed by atoms with van der Waals surface area (Å²) in [7, 11) is -2.04. The van der Waals surface area contributed by atoms with Crippen molar-refractivity contribution < 1.29 is 22.7 Å². The van der Waals surface area contributed by atoms with E-state index in [0.717, 1.165) is 5.56 Å². The van der Waals surface area contributed by atoms with Gasteiger partial charge in [-0.1, -0.05) is 6.07 Å². The minimum absolute atomic E-state index is 0.0144. The molecule has 1 N–H and O–H groups in total. The molecule has 0 atom stereocenters. The van der Waals surface area contributed by atoms with Crippen molar-refractivity contribution in [3.63, 3.8) is 0 Å². The molecule has 0 saturated carbocycles. The molecular formula is C21H30N4O5S. The first-order valence-electron chi connectivity index (χ1n) is 10.4. The Morgan fingerprint density at radius 2 is 1.87 bits per heavy atom. The third-order valence-corrected chi connectivity index (χ3v) is 7.57. The first kappa shape index (κ1) is 23.1. The molecule has 0 bridgehead atoms. The normalized spacial score (nSPS) is 15.2. The monoisotopic (exact) mass is 450 g/mol. The Morgan fingerprint density at radius 1 is 1.16 bits per heavy atom. The molecule has 0 radical (unpaired) electrons. The predicted octanol–water partition coefficient (Wildman–Crippen LogP) is 1.90. The number of hydrogen-bond donors (Lipinski definition) is 1. The summed E-state index contributed by atoms with van der Waals surface area (Å²) < 4.78 is 38.2. The number of benzene rings is 1. The van der Waals surface area contributed by atoms with Crippen LogP contribution >= 0.6 is 0 Å². The first-order valence-corrected chi connectivity index (χ1v) is 11.8. The molecule has 170 valence electrons. The van der Waals surface area contributed by atoms with Gasteiger partial charge in [-0.25, -0.2) is 8.42 Å². The molecule has 31 heavy (non-hydrogen) atoms. The second-order valence-electron chi connectivity index (χ2n) is 7.47. The van der Waals surface area contributed by atoms with Gasteiger partial charge < -0.3 is 14.4 Å². The van der Waals surface area contributed by atoms with Crippen LogP contribution in [0.1, 0.15) is 30.3 Å². The van der Waals surface area contributed by atoms with Crippen molar-refractivity contribution >= 4 is 15.9 Å². The minimum Gasteiger partial charge on any atom is -0.493 e. The predicted molar refractivity (Wildman–Crippen MR) is 116 cm³/mol. The van der Waals surface area contributed by atoms with Gasteiger partial charge in [0.25, 0.3) is 0 Å². The van der Waals surface area contributed by atoms with Gasteiger partial charge in [0.05, 0.1) is 25.1 Å². The summed E-state index contributed by atoms with van der Waals surface area (Å²) >= 11 is 0. The molecule has 2 heterocycles. The molecule has 0 spiro atoms. The third kappa shape index (κ3) is 5.01. The molecular weight excluding hydrogens is 420 g/mol. The van der Waals surface area contributed by atoms with Crippen LogP contribution in [-0.2, 0) is 21.2 Å². The van der Waals surface area contributed by atoms with E-state index >= 15 is 0 Å². The minimum atomic E-state index is -3.63. The van der Waals surface area contributed by atoms with Crippen LogP contribution in [0.3, 0.4) is 0 Å². The lowest BCUT2D eigenvalue weighted by molar-refractivity contribution is -0.132. The molecule has 1 fully saturated rings. The maximum Gasteiger partial charge on any atom is 0.246 e. The van der Waals surface area contributed by atoms with Gasteiger partial charge in [-0.15, -0.1) is 0 Å². The third-order valence-electron chi connectivity index (χ3n) is 5.41. The molecule has 10 heteroatoms. The number of H-pyrrole nitrogens is 1. The van der Waals surface area contributed by atoms with Crippen molar-refractivity contribution in [2.45, 2.75) is 38.5 Å². The zero-order valence-electron chi connectivity index (χ0n) is 18.5. The van der Waals surface area contributed by atoms with Crippen LogP contribution in [0.4, 0.5) is 0 Å². The Balaban J connectivity index is 1.56. The number of hydrogen-bond acceptors (Lipinski definition) is 6. The number of aryl methyl sites for hydroxylation is 3. The zero-order chi connectivity index (χ0) is 22.6. The molecule has 1 aliphatic rings. The number of rotatable bonds is 8. The lowest BCUT2D eigenvalue weighted by Crippen LogP contribution is -2.50. The fraction of sp³-hybridized carbons (Fsp3) is 0.524. The highest BCUT2D eigenvalue weighted by atomic mass is 32.2. The number of aromatic amines is 1. The van der Waals surface area contributed by atoms with E-state index in [1.807, 2.05) is 25.1 Å². The first-order chi connectivity index (χ1) is 14.8. The summed E-state index contributed by atoms with van der Waals surface area (Å²) in [4.78, 5) is 14.6. The summed E-state index contributed by atoms with van der Waals surface area (Å²) in [5.74, 6) is 1.34. The van der Waals surface area contributed by atoms with Gasteiger partial charge in [0.2, 0.25) is 15.9 Å². The average Bonchev–Trinajstić information content (AvgIpc) is 3.11. The van der Waals surface area contributed by atoms with Gasteiger partial charge in [0.1, 0.15) is 4.90 Å². The van der Waals surface area contributed by atoms with Gasteiger partial charge >= 0.3 is 0 Å². The van der Waals surface area contributed by atoms with E-state index in [2.05, 4.69) is 10.2 Å². The number of methoxy groups -OCH3 is 1.